The fourth-order valence-corrected chi connectivity index (χ4v) is 2.44. The second kappa shape index (κ2) is 6.52. The maximum Gasteiger partial charge on any atom is 0.0772 e. The third kappa shape index (κ3) is 4.00. The lowest BCUT2D eigenvalue weighted by molar-refractivity contribution is 0.636. The molecule has 88 valence electrons. The maximum absolute atomic E-state index is 4.36. The third-order valence-electron chi connectivity index (χ3n) is 2.39. The molecule has 1 aromatic heterocycles. The molecular weight excluding hydrogens is 332 g/mol. The average Bonchev–Trinajstić information content (AvgIpc) is 2.22. The average molecular weight is 348 g/mol. The van der Waals surface area contributed by atoms with Crippen LogP contribution in [-0.2, 0) is 0 Å². The molecular formula is C12H16Br2N2. The Balaban J connectivity index is 2.89. The molecule has 4 heteroatoms. The highest BCUT2D eigenvalue weighted by Gasteiger charge is 2.04. The molecule has 0 saturated heterocycles. The van der Waals surface area contributed by atoms with Gasteiger partial charge >= 0.3 is 0 Å². The van der Waals surface area contributed by atoms with E-state index in [1.54, 1.807) is 0 Å². The highest BCUT2D eigenvalue weighted by molar-refractivity contribution is 9.11. The van der Waals surface area contributed by atoms with Crippen molar-refractivity contribution >= 4 is 37.9 Å². The van der Waals surface area contributed by atoms with Gasteiger partial charge in [0.25, 0.3) is 0 Å². The van der Waals surface area contributed by atoms with Gasteiger partial charge in [-0.1, -0.05) is 12.5 Å². The molecule has 0 aliphatic heterocycles. The predicted molar refractivity (Wildman–Crippen MR) is 76.4 cm³/mol. The topological polar surface area (TPSA) is 24.9 Å². The van der Waals surface area contributed by atoms with E-state index in [4.69, 9.17) is 0 Å². The molecule has 0 aromatic carbocycles. The minimum absolute atomic E-state index is 0.377. The fourth-order valence-electron chi connectivity index (χ4n) is 1.34. The smallest absolute Gasteiger partial charge is 0.0772 e. The van der Waals surface area contributed by atoms with Crippen LogP contribution in [0.2, 0.25) is 0 Å². The van der Waals surface area contributed by atoms with Gasteiger partial charge in [0.1, 0.15) is 0 Å². The highest BCUT2D eigenvalue weighted by Crippen LogP contribution is 2.22. The van der Waals surface area contributed by atoms with Crippen molar-refractivity contribution in [3.05, 3.63) is 32.5 Å². The van der Waals surface area contributed by atoms with Crippen molar-refractivity contribution in [2.45, 2.75) is 26.8 Å². The summed E-state index contributed by atoms with van der Waals surface area (Å²) in [5, 5.41) is 3.38. The molecule has 0 aliphatic rings. The molecule has 0 aliphatic carbocycles. The van der Waals surface area contributed by atoms with Crippen molar-refractivity contribution in [2.24, 2.45) is 0 Å². The lowest BCUT2D eigenvalue weighted by atomic mass is 10.1. The van der Waals surface area contributed by atoms with E-state index in [1.807, 2.05) is 12.3 Å². The molecule has 1 N–H and O–H groups in total. The molecule has 0 amide bonds. The van der Waals surface area contributed by atoms with Crippen LogP contribution in [0.5, 0.6) is 0 Å². The molecule has 0 fully saturated rings. The van der Waals surface area contributed by atoms with Crippen molar-refractivity contribution in [1.29, 1.82) is 0 Å². The SMILES string of the molecule is CCNC(C)C(C)=Cc1ncc(Br)cc1Br. The summed E-state index contributed by atoms with van der Waals surface area (Å²) in [5.41, 5.74) is 2.24. The van der Waals surface area contributed by atoms with Gasteiger partial charge in [0.05, 0.1) is 5.69 Å². The van der Waals surface area contributed by atoms with Gasteiger partial charge in [0.15, 0.2) is 0 Å². The molecule has 1 heterocycles. The van der Waals surface area contributed by atoms with Gasteiger partial charge in [-0.3, -0.25) is 4.98 Å². The Hall–Kier alpha value is -0.190. The molecule has 1 rings (SSSR count). The lowest BCUT2D eigenvalue weighted by Gasteiger charge is -2.13. The van der Waals surface area contributed by atoms with E-state index in [9.17, 15) is 0 Å². The van der Waals surface area contributed by atoms with E-state index in [1.165, 1.54) is 5.57 Å². The van der Waals surface area contributed by atoms with Gasteiger partial charge in [0.2, 0.25) is 0 Å². The van der Waals surface area contributed by atoms with Crippen LogP contribution in [0.15, 0.2) is 26.8 Å². The van der Waals surface area contributed by atoms with Crippen molar-refractivity contribution in [2.75, 3.05) is 6.54 Å². The van der Waals surface area contributed by atoms with Crippen LogP contribution in [0.3, 0.4) is 0 Å². The van der Waals surface area contributed by atoms with E-state index in [-0.39, 0.29) is 0 Å². The summed E-state index contributed by atoms with van der Waals surface area (Å²) in [6.45, 7) is 7.35. The quantitative estimate of drug-likeness (QED) is 0.890. The summed E-state index contributed by atoms with van der Waals surface area (Å²) in [7, 11) is 0. The second-order valence-corrected chi connectivity index (χ2v) is 5.46. The summed E-state index contributed by atoms with van der Waals surface area (Å²) in [4.78, 5) is 4.36. The van der Waals surface area contributed by atoms with Gasteiger partial charge in [-0.05, 0) is 64.4 Å². The predicted octanol–water partition coefficient (Wildman–Crippen LogP) is 4.01. The largest absolute Gasteiger partial charge is 0.311 e. The number of nitrogens with one attached hydrogen (secondary N) is 1. The number of likely N-dealkylation sites (N-methyl/N-ethyl adjacent to an activating group) is 1. The van der Waals surface area contributed by atoms with Crippen LogP contribution in [0.25, 0.3) is 6.08 Å². The van der Waals surface area contributed by atoms with E-state index in [2.05, 4.69) is 69.0 Å². The summed E-state index contributed by atoms with van der Waals surface area (Å²) in [6.07, 6.45) is 3.91. The molecule has 0 spiro atoms. The monoisotopic (exact) mass is 346 g/mol. The third-order valence-corrected chi connectivity index (χ3v) is 3.46. The van der Waals surface area contributed by atoms with Gasteiger partial charge in [-0.25, -0.2) is 0 Å². The van der Waals surface area contributed by atoms with Crippen LogP contribution >= 0.6 is 31.9 Å². The number of halogens is 2. The van der Waals surface area contributed by atoms with Crippen LogP contribution < -0.4 is 5.32 Å². The lowest BCUT2D eigenvalue weighted by Crippen LogP contribution is -2.26. The van der Waals surface area contributed by atoms with Crippen LogP contribution in [-0.4, -0.2) is 17.6 Å². The van der Waals surface area contributed by atoms with Gasteiger partial charge in [-0.15, -0.1) is 0 Å². The minimum Gasteiger partial charge on any atom is -0.311 e. The van der Waals surface area contributed by atoms with E-state index >= 15 is 0 Å². The molecule has 0 radical (unpaired) electrons. The van der Waals surface area contributed by atoms with Crippen LogP contribution in [0.1, 0.15) is 26.5 Å². The van der Waals surface area contributed by atoms with Crippen LogP contribution in [0.4, 0.5) is 0 Å². The zero-order chi connectivity index (χ0) is 12.1. The first-order valence-electron chi connectivity index (χ1n) is 5.27. The van der Waals surface area contributed by atoms with E-state index < -0.39 is 0 Å². The van der Waals surface area contributed by atoms with E-state index in [0.29, 0.717) is 6.04 Å². The molecule has 1 atom stereocenters. The fraction of sp³-hybridized carbons (Fsp3) is 0.417. The number of aromatic nitrogens is 1. The first-order chi connectivity index (χ1) is 7.54. The van der Waals surface area contributed by atoms with Crippen molar-refractivity contribution in [1.82, 2.24) is 10.3 Å². The van der Waals surface area contributed by atoms with Gasteiger partial charge < -0.3 is 5.32 Å². The Labute approximate surface area is 114 Å². The maximum atomic E-state index is 4.36. The summed E-state index contributed by atoms with van der Waals surface area (Å²) in [6, 6.07) is 2.38. The van der Waals surface area contributed by atoms with Gasteiger partial charge in [0, 0.05) is 21.2 Å². The van der Waals surface area contributed by atoms with E-state index in [0.717, 1.165) is 21.2 Å². The normalized spacial score (nSPS) is 13.9. The molecule has 1 aromatic rings. The molecule has 16 heavy (non-hydrogen) atoms. The summed E-state index contributed by atoms with van der Waals surface area (Å²) < 4.78 is 1.99. The Morgan fingerprint density at radius 3 is 2.81 bits per heavy atom. The van der Waals surface area contributed by atoms with Crippen molar-refractivity contribution in [3.63, 3.8) is 0 Å². The number of hydrogen-bond donors (Lipinski definition) is 1. The Morgan fingerprint density at radius 1 is 1.56 bits per heavy atom. The Bertz CT molecular complexity index is 389. The second-order valence-electron chi connectivity index (χ2n) is 3.69. The molecule has 2 nitrogen and oxygen atoms in total. The zero-order valence-corrected chi connectivity index (χ0v) is 12.9. The number of hydrogen-bond acceptors (Lipinski definition) is 2. The Morgan fingerprint density at radius 2 is 2.25 bits per heavy atom. The minimum atomic E-state index is 0.377. The standard InChI is InChI=1S/C12H16Br2N2/c1-4-15-9(3)8(2)5-12-11(14)6-10(13)7-16-12/h5-7,9,15H,4H2,1-3H3. The summed E-state index contributed by atoms with van der Waals surface area (Å²) >= 11 is 6.90. The molecule has 0 bridgehead atoms. The van der Waals surface area contributed by atoms with Crippen LogP contribution in [0, 0.1) is 0 Å². The molecule has 0 saturated carbocycles. The Kier molecular flexibility index (Phi) is 5.66. The number of nitrogens with zero attached hydrogens (tertiary/aromatic N) is 1. The summed E-state index contributed by atoms with van der Waals surface area (Å²) in [5.74, 6) is 0. The number of rotatable bonds is 4. The molecule has 1 unspecified atom stereocenters. The number of pyridine rings is 1. The highest BCUT2D eigenvalue weighted by atomic mass is 79.9. The first-order valence-corrected chi connectivity index (χ1v) is 6.85. The van der Waals surface area contributed by atoms with Gasteiger partial charge in [-0.2, -0.15) is 0 Å². The van der Waals surface area contributed by atoms with Crippen molar-refractivity contribution in [3.8, 4) is 0 Å². The first kappa shape index (κ1) is 13.9. The zero-order valence-electron chi connectivity index (χ0n) is 9.72. The van der Waals surface area contributed by atoms with Crippen molar-refractivity contribution < 1.29 is 0 Å².